The van der Waals surface area contributed by atoms with Gasteiger partial charge in [-0.05, 0) is 12.5 Å². The van der Waals surface area contributed by atoms with E-state index in [1.807, 2.05) is 0 Å². The first kappa shape index (κ1) is 18.5. The number of carbonyl (C=O) groups is 2. The van der Waals surface area contributed by atoms with E-state index in [0.717, 1.165) is 0 Å². The maximum absolute atomic E-state index is 14.1. The quantitative estimate of drug-likeness (QED) is 0.329. The molecule has 0 fully saturated rings. The molecule has 4 nitrogen and oxygen atoms in total. The van der Waals surface area contributed by atoms with Gasteiger partial charge in [-0.25, -0.2) is 8.78 Å². The van der Waals surface area contributed by atoms with E-state index >= 15 is 0 Å². The minimum Gasteiger partial charge on any atom is -0.485 e. The Hall–Kier alpha value is -2.83. The largest absolute Gasteiger partial charge is 0.485 e. The van der Waals surface area contributed by atoms with Crippen molar-refractivity contribution in [2.45, 2.75) is 20.0 Å². The van der Waals surface area contributed by atoms with Crippen LogP contribution in [0.3, 0.4) is 0 Å². The lowest BCUT2D eigenvalue weighted by atomic mass is 10.1. The van der Waals surface area contributed by atoms with Crippen molar-refractivity contribution in [1.29, 1.82) is 0 Å². The normalized spacial score (nSPS) is 10.4. The fraction of sp³-hybridized carbons (Fsp3) is 0.222. The number of halogens is 3. The van der Waals surface area contributed by atoms with Crippen molar-refractivity contribution < 1.29 is 32.2 Å². The Bertz CT molecular complexity index is 776. The SMILES string of the molecule is CCOC(=O)CC(=O)c1c(F)cc(F)c(F)c1OCc1ccccc1. The number of esters is 1. The summed E-state index contributed by atoms with van der Waals surface area (Å²) in [4.78, 5) is 23.5. The van der Waals surface area contributed by atoms with Crippen molar-refractivity contribution in [2.75, 3.05) is 6.61 Å². The van der Waals surface area contributed by atoms with Crippen molar-refractivity contribution in [3.05, 3.63) is 65.0 Å². The molecule has 0 radical (unpaired) electrons. The standard InChI is InChI=1S/C18H15F3O4/c1-2-24-15(23)9-14(22)16-12(19)8-13(20)17(21)18(16)25-10-11-6-4-3-5-7-11/h3-8H,2,9-10H2,1H3. The predicted octanol–water partition coefficient (Wildman–Crippen LogP) is 3.82. The highest BCUT2D eigenvalue weighted by Crippen LogP contribution is 2.30. The number of rotatable bonds is 7. The molecule has 0 spiro atoms. The monoisotopic (exact) mass is 352 g/mol. The molecular weight excluding hydrogens is 337 g/mol. The molecule has 132 valence electrons. The Morgan fingerprint density at radius 1 is 1.04 bits per heavy atom. The smallest absolute Gasteiger partial charge is 0.313 e. The van der Waals surface area contributed by atoms with E-state index in [4.69, 9.17) is 4.74 Å². The third kappa shape index (κ3) is 4.59. The number of Topliss-reactive ketones (excluding diaryl/α,β-unsaturated/α-hetero) is 1. The zero-order chi connectivity index (χ0) is 18.4. The number of ether oxygens (including phenoxy) is 2. The van der Waals surface area contributed by atoms with Gasteiger partial charge in [0.05, 0.1) is 12.2 Å². The van der Waals surface area contributed by atoms with Crippen LogP contribution in [0.2, 0.25) is 0 Å². The van der Waals surface area contributed by atoms with Gasteiger partial charge >= 0.3 is 5.97 Å². The van der Waals surface area contributed by atoms with Gasteiger partial charge in [0.25, 0.3) is 0 Å². The second-order valence-corrected chi connectivity index (χ2v) is 5.04. The molecule has 0 saturated heterocycles. The van der Waals surface area contributed by atoms with Crippen LogP contribution in [0.4, 0.5) is 13.2 Å². The molecule has 0 amide bonds. The second kappa shape index (κ2) is 8.32. The molecule has 0 aliphatic carbocycles. The summed E-state index contributed by atoms with van der Waals surface area (Å²) in [6, 6.07) is 8.72. The van der Waals surface area contributed by atoms with E-state index < -0.39 is 46.9 Å². The average molecular weight is 352 g/mol. The number of ketones is 1. The maximum Gasteiger partial charge on any atom is 0.313 e. The Morgan fingerprint density at radius 2 is 1.72 bits per heavy atom. The lowest BCUT2D eigenvalue weighted by molar-refractivity contribution is -0.141. The highest BCUT2D eigenvalue weighted by molar-refractivity contribution is 6.07. The van der Waals surface area contributed by atoms with E-state index in [9.17, 15) is 22.8 Å². The lowest BCUT2D eigenvalue weighted by Crippen LogP contribution is -2.15. The van der Waals surface area contributed by atoms with Gasteiger partial charge in [-0.3, -0.25) is 9.59 Å². The molecule has 2 rings (SSSR count). The van der Waals surface area contributed by atoms with Crippen LogP contribution >= 0.6 is 0 Å². The van der Waals surface area contributed by atoms with Gasteiger partial charge in [-0.15, -0.1) is 0 Å². The van der Waals surface area contributed by atoms with Gasteiger partial charge in [0.1, 0.15) is 18.8 Å². The minimum absolute atomic E-state index is 0.0315. The second-order valence-electron chi connectivity index (χ2n) is 5.04. The zero-order valence-electron chi connectivity index (χ0n) is 13.4. The zero-order valence-corrected chi connectivity index (χ0v) is 13.4. The van der Waals surface area contributed by atoms with Crippen LogP contribution in [0, 0.1) is 17.5 Å². The Balaban J connectivity index is 2.33. The summed E-state index contributed by atoms with van der Waals surface area (Å²) in [5, 5.41) is 0. The first-order chi connectivity index (χ1) is 11.9. The van der Waals surface area contributed by atoms with Gasteiger partial charge in [-0.1, -0.05) is 30.3 Å². The van der Waals surface area contributed by atoms with E-state index in [2.05, 4.69) is 4.74 Å². The van der Waals surface area contributed by atoms with E-state index in [-0.39, 0.29) is 19.3 Å². The summed E-state index contributed by atoms with van der Waals surface area (Å²) in [7, 11) is 0. The Morgan fingerprint density at radius 3 is 2.36 bits per heavy atom. The molecule has 0 saturated carbocycles. The lowest BCUT2D eigenvalue weighted by Gasteiger charge is -2.13. The Labute approximate surface area is 142 Å². The molecule has 0 heterocycles. The molecule has 0 unspecified atom stereocenters. The molecule has 7 heteroatoms. The third-order valence-electron chi connectivity index (χ3n) is 3.24. The first-order valence-electron chi connectivity index (χ1n) is 7.47. The predicted molar refractivity (Wildman–Crippen MR) is 82.7 cm³/mol. The molecule has 25 heavy (non-hydrogen) atoms. The molecular formula is C18H15F3O4. The number of benzene rings is 2. The number of carbonyl (C=O) groups excluding carboxylic acids is 2. The van der Waals surface area contributed by atoms with Crippen LogP contribution in [0.25, 0.3) is 0 Å². The summed E-state index contributed by atoms with van der Waals surface area (Å²) < 4.78 is 51.4. The summed E-state index contributed by atoms with van der Waals surface area (Å²) in [6.07, 6.45) is -0.808. The van der Waals surface area contributed by atoms with Crippen LogP contribution in [0.1, 0.15) is 29.3 Å². The van der Waals surface area contributed by atoms with E-state index in [1.54, 1.807) is 30.3 Å². The van der Waals surface area contributed by atoms with Gasteiger partial charge in [0.2, 0.25) is 5.82 Å². The number of hydrogen-bond acceptors (Lipinski definition) is 4. The fourth-order valence-electron chi connectivity index (χ4n) is 2.13. The topological polar surface area (TPSA) is 52.6 Å². The molecule has 0 aliphatic rings. The molecule has 0 aromatic heterocycles. The highest BCUT2D eigenvalue weighted by atomic mass is 19.2. The average Bonchev–Trinajstić information content (AvgIpc) is 2.57. The van der Waals surface area contributed by atoms with E-state index in [0.29, 0.717) is 5.56 Å². The third-order valence-corrected chi connectivity index (χ3v) is 3.24. The summed E-state index contributed by atoms with van der Waals surface area (Å²) >= 11 is 0. The van der Waals surface area contributed by atoms with Crippen molar-refractivity contribution in [3.63, 3.8) is 0 Å². The van der Waals surface area contributed by atoms with Crippen LogP contribution in [-0.4, -0.2) is 18.4 Å². The molecule has 0 aliphatic heterocycles. The fourth-order valence-corrected chi connectivity index (χ4v) is 2.13. The molecule has 0 N–H and O–H groups in total. The highest BCUT2D eigenvalue weighted by Gasteiger charge is 2.27. The molecule has 2 aromatic rings. The summed E-state index contributed by atoms with van der Waals surface area (Å²) in [6.45, 7) is 1.36. The van der Waals surface area contributed by atoms with Gasteiger partial charge in [0, 0.05) is 6.07 Å². The van der Waals surface area contributed by atoms with Gasteiger partial charge in [0.15, 0.2) is 17.3 Å². The van der Waals surface area contributed by atoms with Crippen molar-refractivity contribution in [3.8, 4) is 5.75 Å². The van der Waals surface area contributed by atoms with Crippen LogP contribution < -0.4 is 4.74 Å². The van der Waals surface area contributed by atoms with E-state index in [1.165, 1.54) is 6.92 Å². The first-order valence-corrected chi connectivity index (χ1v) is 7.47. The minimum atomic E-state index is -1.50. The van der Waals surface area contributed by atoms with Gasteiger partial charge < -0.3 is 9.47 Å². The van der Waals surface area contributed by atoms with Crippen molar-refractivity contribution in [1.82, 2.24) is 0 Å². The molecule has 0 atom stereocenters. The number of hydrogen-bond donors (Lipinski definition) is 0. The van der Waals surface area contributed by atoms with Crippen LogP contribution in [-0.2, 0) is 16.1 Å². The maximum atomic E-state index is 14.1. The van der Waals surface area contributed by atoms with Gasteiger partial charge in [-0.2, -0.15) is 4.39 Å². The van der Waals surface area contributed by atoms with Crippen molar-refractivity contribution >= 4 is 11.8 Å². The summed E-state index contributed by atoms with van der Waals surface area (Å²) in [5.74, 6) is -7.12. The summed E-state index contributed by atoms with van der Waals surface area (Å²) in [5.41, 5.74) is -0.210. The van der Waals surface area contributed by atoms with Crippen molar-refractivity contribution in [2.24, 2.45) is 0 Å². The molecule has 0 bridgehead atoms. The Kier molecular flexibility index (Phi) is 6.16. The van der Waals surface area contributed by atoms with Crippen LogP contribution in [0.5, 0.6) is 5.75 Å². The molecule has 2 aromatic carbocycles. The van der Waals surface area contributed by atoms with Crippen LogP contribution in [0.15, 0.2) is 36.4 Å².